The van der Waals surface area contributed by atoms with Gasteiger partial charge < -0.3 is 10.6 Å². The third-order valence-corrected chi connectivity index (χ3v) is 3.71. The fraction of sp³-hybridized carbons (Fsp3) is 0.267. The zero-order valence-corrected chi connectivity index (χ0v) is 11.0. The molecule has 1 unspecified atom stereocenters. The van der Waals surface area contributed by atoms with Crippen molar-refractivity contribution in [2.45, 2.75) is 13.0 Å². The minimum atomic E-state index is -0.410. The van der Waals surface area contributed by atoms with E-state index in [-0.39, 0.29) is 18.2 Å². The number of benzene rings is 1. The van der Waals surface area contributed by atoms with Crippen LogP contribution < -0.4 is 5.73 Å². The highest BCUT2D eigenvalue weighted by Crippen LogP contribution is 2.22. The topological polar surface area (TPSA) is 76.3 Å². The third kappa shape index (κ3) is 2.22. The van der Waals surface area contributed by atoms with Gasteiger partial charge in [-0.05, 0) is 11.5 Å². The van der Waals surface area contributed by atoms with E-state index >= 15 is 0 Å². The lowest BCUT2D eigenvalue weighted by Crippen LogP contribution is -2.28. The van der Waals surface area contributed by atoms with Crippen molar-refractivity contribution in [2.24, 2.45) is 11.7 Å². The van der Waals surface area contributed by atoms with Crippen LogP contribution in [0.25, 0.3) is 10.8 Å². The molecule has 1 saturated heterocycles. The summed E-state index contributed by atoms with van der Waals surface area (Å²) in [6, 6.07) is 9.86. The van der Waals surface area contributed by atoms with Crippen molar-refractivity contribution in [1.82, 2.24) is 9.88 Å². The monoisotopic (exact) mass is 269 g/mol. The molecule has 1 aliphatic heterocycles. The van der Waals surface area contributed by atoms with E-state index in [1.807, 2.05) is 30.3 Å². The molecule has 0 radical (unpaired) electrons. The molecule has 2 amide bonds. The second-order valence-corrected chi connectivity index (χ2v) is 5.06. The molecule has 5 heteroatoms. The van der Waals surface area contributed by atoms with E-state index in [0.717, 1.165) is 16.5 Å². The number of carbonyl (C=O) groups is 2. The number of aromatic nitrogens is 1. The highest BCUT2D eigenvalue weighted by atomic mass is 16.2. The predicted molar refractivity (Wildman–Crippen MR) is 74.5 cm³/mol. The zero-order valence-electron chi connectivity index (χ0n) is 11.0. The minimum absolute atomic E-state index is 0.0384. The first kappa shape index (κ1) is 12.6. The van der Waals surface area contributed by atoms with Crippen LogP contribution in [0.1, 0.15) is 12.1 Å². The lowest BCUT2D eigenvalue weighted by atomic mass is 10.1. The van der Waals surface area contributed by atoms with Crippen molar-refractivity contribution in [2.75, 3.05) is 6.54 Å². The number of likely N-dealkylation sites (tertiary alicyclic amines) is 1. The van der Waals surface area contributed by atoms with Gasteiger partial charge in [-0.1, -0.05) is 24.3 Å². The van der Waals surface area contributed by atoms with Crippen LogP contribution in [0.15, 0.2) is 36.5 Å². The SMILES string of the molecule is NC(=O)C1CC(=O)N(Cc2nccc3ccccc23)C1. The molecule has 20 heavy (non-hydrogen) atoms. The number of hydrogen-bond acceptors (Lipinski definition) is 3. The molecule has 1 atom stereocenters. The number of primary amides is 1. The van der Waals surface area contributed by atoms with Crippen molar-refractivity contribution >= 4 is 22.6 Å². The van der Waals surface area contributed by atoms with Gasteiger partial charge >= 0.3 is 0 Å². The van der Waals surface area contributed by atoms with Gasteiger partial charge in [-0.2, -0.15) is 0 Å². The molecule has 0 bridgehead atoms. The smallest absolute Gasteiger partial charge is 0.223 e. The van der Waals surface area contributed by atoms with E-state index in [4.69, 9.17) is 5.73 Å². The van der Waals surface area contributed by atoms with Gasteiger partial charge in [0.25, 0.3) is 0 Å². The summed E-state index contributed by atoms with van der Waals surface area (Å²) in [7, 11) is 0. The maximum absolute atomic E-state index is 11.9. The highest BCUT2D eigenvalue weighted by molar-refractivity contribution is 5.89. The molecule has 3 rings (SSSR count). The van der Waals surface area contributed by atoms with Crippen LogP contribution in [0.5, 0.6) is 0 Å². The predicted octanol–water partition coefficient (Wildman–Crippen LogP) is 1.07. The number of rotatable bonds is 3. The van der Waals surface area contributed by atoms with Crippen LogP contribution in [-0.4, -0.2) is 28.2 Å². The molecule has 0 aliphatic carbocycles. The Bertz CT molecular complexity index is 678. The Morgan fingerprint density at radius 3 is 2.90 bits per heavy atom. The molecule has 2 N–H and O–H groups in total. The van der Waals surface area contributed by atoms with E-state index in [0.29, 0.717) is 13.1 Å². The van der Waals surface area contributed by atoms with Crippen molar-refractivity contribution in [3.05, 3.63) is 42.2 Å². The van der Waals surface area contributed by atoms with E-state index in [1.165, 1.54) is 0 Å². The largest absolute Gasteiger partial charge is 0.369 e. The summed E-state index contributed by atoms with van der Waals surface area (Å²) in [5.74, 6) is -0.826. The van der Waals surface area contributed by atoms with Gasteiger partial charge in [-0.25, -0.2) is 0 Å². The maximum atomic E-state index is 11.9. The Morgan fingerprint density at radius 2 is 2.15 bits per heavy atom. The Balaban J connectivity index is 1.87. The molecule has 102 valence electrons. The molecule has 0 saturated carbocycles. The first-order chi connectivity index (χ1) is 9.65. The van der Waals surface area contributed by atoms with E-state index < -0.39 is 5.91 Å². The Hall–Kier alpha value is -2.43. The molecule has 1 aromatic heterocycles. The fourth-order valence-corrected chi connectivity index (χ4v) is 2.60. The van der Waals surface area contributed by atoms with E-state index in [9.17, 15) is 9.59 Å². The number of carbonyl (C=O) groups excluding carboxylic acids is 2. The standard InChI is InChI=1S/C15H15N3O2/c16-15(20)11-7-14(19)18(8-11)9-13-12-4-2-1-3-10(12)5-6-17-13/h1-6,11H,7-9H2,(H2,16,20). The summed E-state index contributed by atoms with van der Waals surface area (Å²) >= 11 is 0. The van der Waals surface area contributed by atoms with Crippen LogP contribution in [0.2, 0.25) is 0 Å². The molecular formula is C15H15N3O2. The molecule has 5 nitrogen and oxygen atoms in total. The summed E-state index contributed by atoms with van der Waals surface area (Å²) in [5.41, 5.74) is 6.12. The molecule has 1 aromatic carbocycles. The van der Waals surface area contributed by atoms with Crippen LogP contribution in [0, 0.1) is 5.92 Å². The van der Waals surface area contributed by atoms with Crippen LogP contribution in [-0.2, 0) is 16.1 Å². The zero-order chi connectivity index (χ0) is 14.1. The summed E-state index contributed by atoms with van der Waals surface area (Å²) < 4.78 is 0. The number of nitrogens with zero attached hydrogens (tertiary/aromatic N) is 2. The highest BCUT2D eigenvalue weighted by Gasteiger charge is 2.33. The second-order valence-electron chi connectivity index (χ2n) is 5.06. The van der Waals surface area contributed by atoms with Crippen molar-refractivity contribution in [3.63, 3.8) is 0 Å². The van der Waals surface area contributed by atoms with Gasteiger partial charge in [-0.15, -0.1) is 0 Å². The molecule has 0 spiro atoms. The van der Waals surface area contributed by atoms with Crippen molar-refractivity contribution in [1.29, 1.82) is 0 Å². The second kappa shape index (κ2) is 4.92. The quantitative estimate of drug-likeness (QED) is 0.905. The summed E-state index contributed by atoms with van der Waals surface area (Å²) in [6.07, 6.45) is 1.95. The van der Waals surface area contributed by atoms with Gasteiger partial charge in [0, 0.05) is 24.5 Å². The van der Waals surface area contributed by atoms with Crippen molar-refractivity contribution < 1.29 is 9.59 Å². The van der Waals surface area contributed by atoms with Crippen LogP contribution in [0.3, 0.4) is 0 Å². The first-order valence-corrected chi connectivity index (χ1v) is 6.55. The van der Waals surface area contributed by atoms with Gasteiger partial charge in [-0.3, -0.25) is 14.6 Å². The first-order valence-electron chi connectivity index (χ1n) is 6.55. The number of amides is 2. The molecule has 2 aromatic rings. The molecule has 1 fully saturated rings. The lowest BCUT2D eigenvalue weighted by molar-refractivity contribution is -0.128. The minimum Gasteiger partial charge on any atom is -0.369 e. The van der Waals surface area contributed by atoms with Crippen LogP contribution >= 0.6 is 0 Å². The number of hydrogen-bond donors (Lipinski definition) is 1. The summed E-state index contributed by atoms with van der Waals surface area (Å²) in [6.45, 7) is 0.809. The number of pyridine rings is 1. The number of fused-ring (bicyclic) bond motifs is 1. The Kier molecular flexibility index (Phi) is 3.10. The summed E-state index contributed by atoms with van der Waals surface area (Å²) in [4.78, 5) is 29.1. The molecular weight excluding hydrogens is 254 g/mol. The average Bonchev–Trinajstić information content (AvgIpc) is 2.81. The van der Waals surface area contributed by atoms with Gasteiger partial charge in [0.15, 0.2) is 0 Å². The summed E-state index contributed by atoms with van der Waals surface area (Å²) in [5, 5.41) is 2.13. The van der Waals surface area contributed by atoms with E-state index in [2.05, 4.69) is 4.98 Å². The third-order valence-electron chi connectivity index (χ3n) is 3.71. The molecule has 1 aliphatic rings. The molecule has 2 heterocycles. The maximum Gasteiger partial charge on any atom is 0.223 e. The van der Waals surface area contributed by atoms with Crippen LogP contribution in [0.4, 0.5) is 0 Å². The lowest BCUT2D eigenvalue weighted by Gasteiger charge is -2.16. The van der Waals surface area contributed by atoms with Gasteiger partial charge in [0.05, 0.1) is 18.2 Å². The average molecular weight is 269 g/mol. The normalized spacial score (nSPS) is 18.7. The Morgan fingerprint density at radius 1 is 1.35 bits per heavy atom. The van der Waals surface area contributed by atoms with Gasteiger partial charge in [0.1, 0.15) is 0 Å². The number of nitrogens with two attached hydrogens (primary N) is 1. The van der Waals surface area contributed by atoms with Gasteiger partial charge in [0.2, 0.25) is 11.8 Å². The van der Waals surface area contributed by atoms with E-state index in [1.54, 1.807) is 11.1 Å². The Labute approximate surface area is 116 Å². The fourth-order valence-electron chi connectivity index (χ4n) is 2.60. The van der Waals surface area contributed by atoms with Crippen molar-refractivity contribution in [3.8, 4) is 0 Å².